The highest BCUT2D eigenvalue weighted by Gasteiger charge is 2.24. The Labute approximate surface area is 434 Å². The fourth-order valence-electron chi connectivity index (χ4n) is 11.9. The maximum atomic E-state index is 7.27. The van der Waals surface area contributed by atoms with Crippen LogP contribution < -0.4 is 9.80 Å². The van der Waals surface area contributed by atoms with Gasteiger partial charge >= 0.3 is 0 Å². The van der Waals surface area contributed by atoms with Crippen molar-refractivity contribution >= 4 is 121 Å². The Kier molecular flexibility index (Phi) is 9.89. The Hall–Kier alpha value is -9.96. The van der Waals surface area contributed by atoms with Gasteiger partial charge in [-0.3, -0.25) is 0 Å². The Bertz CT molecular complexity index is 4730. The van der Waals surface area contributed by atoms with E-state index in [1.807, 2.05) is 0 Å². The van der Waals surface area contributed by atoms with Crippen molar-refractivity contribution in [3.63, 3.8) is 0 Å². The van der Waals surface area contributed by atoms with Gasteiger partial charge in [-0.05, 0) is 137 Å². The second kappa shape index (κ2) is 17.4. The summed E-state index contributed by atoms with van der Waals surface area (Å²) in [6.07, 6.45) is 0. The minimum Gasteiger partial charge on any atom is -0.455 e. The molecule has 0 spiro atoms. The van der Waals surface area contributed by atoms with E-state index in [0.29, 0.717) is 0 Å². The molecule has 15 rings (SSSR count). The number of para-hydroxylation sites is 2. The predicted octanol–water partition coefficient (Wildman–Crippen LogP) is 20.8. The van der Waals surface area contributed by atoms with E-state index in [4.69, 9.17) is 4.42 Å². The molecule has 3 nitrogen and oxygen atoms in total. The van der Waals surface area contributed by atoms with E-state index < -0.39 is 0 Å². The highest BCUT2D eigenvalue weighted by atomic mass is 16.3. The molecule has 0 radical (unpaired) electrons. The van der Waals surface area contributed by atoms with Gasteiger partial charge in [0.05, 0.1) is 11.4 Å². The zero-order valence-corrected chi connectivity index (χ0v) is 40.9. The molecule has 0 unspecified atom stereocenters. The van der Waals surface area contributed by atoms with Crippen molar-refractivity contribution < 1.29 is 4.42 Å². The normalized spacial score (nSPS) is 11.7. The summed E-state index contributed by atoms with van der Waals surface area (Å²) in [7, 11) is 0. The van der Waals surface area contributed by atoms with Crippen molar-refractivity contribution in [1.29, 1.82) is 0 Å². The van der Waals surface area contributed by atoms with Gasteiger partial charge in [-0.15, -0.1) is 0 Å². The number of furan rings is 1. The molecule has 0 bridgehead atoms. The van der Waals surface area contributed by atoms with Crippen molar-refractivity contribution in [1.82, 2.24) is 0 Å². The lowest BCUT2D eigenvalue weighted by atomic mass is 9.95. The molecule has 350 valence electrons. The molecular formula is C72H46N2O. The molecule has 75 heavy (non-hydrogen) atoms. The minimum atomic E-state index is 0.833. The summed E-state index contributed by atoms with van der Waals surface area (Å²) < 4.78 is 7.27. The molecule has 0 aliphatic rings. The number of nitrogens with zero attached hydrogens (tertiary/aromatic N) is 2. The first-order valence-electron chi connectivity index (χ1n) is 25.7. The highest BCUT2D eigenvalue weighted by molar-refractivity contribution is 6.31. The van der Waals surface area contributed by atoms with Crippen molar-refractivity contribution in [2.24, 2.45) is 0 Å². The third-order valence-corrected chi connectivity index (χ3v) is 15.4. The summed E-state index contributed by atoms with van der Waals surface area (Å²) in [4.78, 5) is 4.83. The van der Waals surface area contributed by atoms with Crippen molar-refractivity contribution in [3.05, 3.63) is 279 Å². The van der Waals surface area contributed by atoms with Crippen molar-refractivity contribution in [2.75, 3.05) is 9.80 Å². The third-order valence-electron chi connectivity index (χ3n) is 15.4. The lowest BCUT2D eigenvalue weighted by Gasteiger charge is -2.28. The number of benzene rings is 14. The number of anilines is 6. The van der Waals surface area contributed by atoms with E-state index in [0.717, 1.165) is 94.5 Å². The van der Waals surface area contributed by atoms with Crippen LogP contribution in [0.4, 0.5) is 34.1 Å². The van der Waals surface area contributed by atoms with Crippen LogP contribution in [-0.4, -0.2) is 0 Å². The molecule has 1 heterocycles. The quantitative estimate of drug-likeness (QED) is 0.142. The fraction of sp³-hybridized carbons (Fsp3) is 0. The Morgan fingerprint density at radius 3 is 1.17 bits per heavy atom. The van der Waals surface area contributed by atoms with Crippen LogP contribution >= 0.6 is 0 Å². The predicted molar refractivity (Wildman–Crippen MR) is 319 cm³/mol. The standard InChI is InChI=1S/C72H46N2O/c1-3-17-47(18-4-1)59-25-13-15-29-68(59)73(53-37-35-51-33-31-49-21-7-9-23-57(49)65(51)43-53)55-39-41-63-67(45-55)61-27-11-12-28-62(61)71-64-42-40-56(46-70(64)75-72(63)71)74(69-30-16-14-26-60(69)48-19-5-2-6-20-48)54-38-36-52-34-32-50-22-8-10-24-58(50)66(52)44-54/h1-46H. The molecule has 0 aliphatic heterocycles. The van der Waals surface area contributed by atoms with Crippen LogP contribution in [0.25, 0.3) is 109 Å². The summed E-state index contributed by atoms with van der Waals surface area (Å²) in [5.74, 6) is 0. The van der Waals surface area contributed by atoms with Gasteiger partial charge in [0.2, 0.25) is 0 Å². The molecule has 0 saturated heterocycles. The molecule has 0 fully saturated rings. The molecule has 0 atom stereocenters. The Balaban J connectivity index is 0.945. The van der Waals surface area contributed by atoms with Crippen LogP contribution in [0.3, 0.4) is 0 Å². The minimum absolute atomic E-state index is 0.833. The Morgan fingerprint density at radius 2 is 0.627 bits per heavy atom. The molecule has 0 N–H and O–H groups in total. The molecule has 14 aromatic carbocycles. The number of rotatable bonds is 8. The molecule has 0 amide bonds. The van der Waals surface area contributed by atoms with Gasteiger partial charge in [-0.25, -0.2) is 0 Å². The molecule has 3 heteroatoms. The number of fused-ring (bicyclic) bond motifs is 14. The van der Waals surface area contributed by atoms with Gasteiger partial charge in [0.1, 0.15) is 11.2 Å². The highest BCUT2D eigenvalue weighted by Crippen LogP contribution is 2.49. The summed E-state index contributed by atoms with van der Waals surface area (Å²) in [5.41, 5.74) is 12.7. The first-order valence-corrected chi connectivity index (χ1v) is 25.7. The van der Waals surface area contributed by atoms with Gasteiger partial charge in [0.25, 0.3) is 0 Å². The van der Waals surface area contributed by atoms with E-state index in [2.05, 4.69) is 289 Å². The van der Waals surface area contributed by atoms with Crippen LogP contribution in [0.15, 0.2) is 283 Å². The number of hydrogen-bond acceptors (Lipinski definition) is 3. The summed E-state index contributed by atoms with van der Waals surface area (Å²) in [6.45, 7) is 0. The van der Waals surface area contributed by atoms with Gasteiger partial charge in [0, 0.05) is 56.1 Å². The van der Waals surface area contributed by atoms with Crippen LogP contribution in [0.1, 0.15) is 0 Å². The lowest BCUT2D eigenvalue weighted by Crippen LogP contribution is -2.11. The zero-order valence-electron chi connectivity index (χ0n) is 40.9. The van der Waals surface area contributed by atoms with Crippen molar-refractivity contribution in [2.45, 2.75) is 0 Å². The molecule has 1 aromatic heterocycles. The van der Waals surface area contributed by atoms with E-state index in [9.17, 15) is 0 Å². The second-order valence-electron chi connectivity index (χ2n) is 19.6. The van der Waals surface area contributed by atoms with Crippen LogP contribution in [0, 0.1) is 0 Å². The Morgan fingerprint density at radius 1 is 0.240 bits per heavy atom. The summed E-state index contributed by atoms with van der Waals surface area (Å²) >= 11 is 0. The first kappa shape index (κ1) is 42.7. The molecule has 0 aliphatic carbocycles. The van der Waals surface area contributed by atoms with Gasteiger partial charge in [-0.2, -0.15) is 0 Å². The van der Waals surface area contributed by atoms with Gasteiger partial charge in [0.15, 0.2) is 0 Å². The third kappa shape index (κ3) is 7.05. The SMILES string of the molecule is c1ccc(-c2ccccc2N(c2ccc3c(c2)oc2c4ccc(N(c5ccc6ccc7ccccc7c6c5)c5ccccc5-c5ccccc5)cc4c4ccccc4c32)c2ccc3ccc4ccccc4c3c2)cc1. The summed E-state index contributed by atoms with van der Waals surface area (Å²) in [5, 5.41) is 16.5. The smallest absolute Gasteiger partial charge is 0.143 e. The van der Waals surface area contributed by atoms with E-state index >= 15 is 0 Å². The van der Waals surface area contributed by atoms with Gasteiger partial charge in [-0.1, -0.05) is 206 Å². The molecule has 15 aromatic rings. The molecular weight excluding hydrogens is 909 g/mol. The van der Waals surface area contributed by atoms with Crippen LogP contribution in [0.5, 0.6) is 0 Å². The van der Waals surface area contributed by atoms with E-state index in [1.165, 1.54) is 48.5 Å². The largest absolute Gasteiger partial charge is 0.455 e. The summed E-state index contributed by atoms with van der Waals surface area (Å²) in [6, 6.07) is 101. The monoisotopic (exact) mass is 954 g/mol. The molecule has 0 saturated carbocycles. The lowest BCUT2D eigenvalue weighted by molar-refractivity contribution is 0.673. The van der Waals surface area contributed by atoms with Crippen molar-refractivity contribution in [3.8, 4) is 22.3 Å². The second-order valence-corrected chi connectivity index (χ2v) is 19.6. The van der Waals surface area contributed by atoms with Crippen LogP contribution in [-0.2, 0) is 0 Å². The topological polar surface area (TPSA) is 19.6 Å². The maximum absolute atomic E-state index is 7.27. The first-order chi connectivity index (χ1) is 37.2. The van der Waals surface area contributed by atoms with Gasteiger partial charge < -0.3 is 14.2 Å². The zero-order chi connectivity index (χ0) is 49.4. The van der Waals surface area contributed by atoms with E-state index in [1.54, 1.807) is 0 Å². The average molecular weight is 955 g/mol. The maximum Gasteiger partial charge on any atom is 0.143 e. The fourth-order valence-corrected chi connectivity index (χ4v) is 11.9. The van der Waals surface area contributed by atoms with Crippen LogP contribution in [0.2, 0.25) is 0 Å². The number of hydrogen-bond donors (Lipinski definition) is 0. The van der Waals surface area contributed by atoms with E-state index in [-0.39, 0.29) is 0 Å². The average Bonchev–Trinajstić information content (AvgIpc) is 3.94.